The molecule has 222 valence electrons. The highest BCUT2D eigenvalue weighted by molar-refractivity contribution is 6.11. The van der Waals surface area contributed by atoms with Crippen LogP contribution in [0.25, 0.3) is 33.6 Å². The number of fused-ring (bicyclic) bond motifs is 1. The minimum absolute atomic E-state index is 0.000960. The molecular formula is C32H26F5N3O3. The number of halogens is 5. The predicted molar refractivity (Wildman–Crippen MR) is 148 cm³/mol. The summed E-state index contributed by atoms with van der Waals surface area (Å²) >= 11 is 0. The van der Waals surface area contributed by atoms with Gasteiger partial charge in [0.05, 0.1) is 28.1 Å². The van der Waals surface area contributed by atoms with Crippen molar-refractivity contribution in [2.45, 2.75) is 45.2 Å². The van der Waals surface area contributed by atoms with E-state index in [9.17, 15) is 32.4 Å². The SMILES string of the molecule is CNC(=O)c1c(-c2ccc(F)cc2)oc2nc(CCC(F)(F)F)c(-c3cc(C(=O)CC(C)(C#N)C4CC4)ccc3F)cc12. The number of nitrogens with one attached hydrogen (secondary N) is 1. The molecule has 0 aliphatic heterocycles. The highest BCUT2D eigenvalue weighted by Gasteiger charge is 2.43. The zero-order valence-electron chi connectivity index (χ0n) is 23.2. The van der Waals surface area contributed by atoms with Crippen molar-refractivity contribution >= 4 is 22.8 Å². The molecular weight excluding hydrogens is 569 g/mol. The van der Waals surface area contributed by atoms with E-state index in [0.29, 0.717) is 5.56 Å². The number of furan rings is 1. The summed E-state index contributed by atoms with van der Waals surface area (Å²) in [5.74, 6) is -2.29. The minimum atomic E-state index is -4.55. The van der Waals surface area contributed by atoms with Gasteiger partial charge in [0, 0.05) is 42.1 Å². The van der Waals surface area contributed by atoms with Crippen LogP contribution in [0.4, 0.5) is 22.0 Å². The maximum Gasteiger partial charge on any atom is 0.389 e. The molecule has 1 aliphatic rings. The van der Waals surface area contributed by atoms with E-state index in [2.05, 4.69) is 16.4 Å². The molecule has 1 N–H and O–H groups in total. The number of nitriles is 1. The second-order valence-corrected chi connectivity index (χ2v) is 10.9. The number of carbonyl (C=O) groups excluding carboxylic acids is 2. The van der Waals surface area contributed by atoms with E-state index in [1.807, 2.05) is 0 Å². The van der Waals surface area contributed by atoms with Crippen LogP contribution in [0.15, 0.2) is 52.9 Å². The van der Waals surface area contributed by atoms with Crippen molar-refractivity contribution in [2.24, 2.45) is 11.3 Å². The van der Waals surface area contributed by atoms with E-state index < -0.39 is 47.8 Å². The van der Waals surface area contributed by atoms with Crippen LogP contribution in [0.5, 0.6) is 0 Å². The fraction of sp³-hybridized carbons (Fsp3) is 0.312. The number of pyridine rings is 1. The van der Waals surface area contributed by atoms with Gasteiger partial charge in [-0.05, 0) is 80.6 Å². The summed E-state index contributed by atoms with van der Waals surface area (Å²) in [7, 11) is 1.37. The average molecular weight is 596 g/mol. The van der Waals surface area contributed by atoms with Gasteiger partial charge < -0.3 is 9.73 Å². The van der Waals surface area contributed by atoms with Gasteiger partial charge in [-0.3, -0.25) is 9.59 Å². The number of benzene rings is 2. The molecule has 6 nitrogen and oxygen atoms in total. The molecule has 0 spiro atoms. The molecule has 1 unspecified atom stereocenters. The number of nitrogens with zero attached hydrogens (tertiary/aromatic N) is 2. The molecule has 1 fully saturated rings. The topological polar surface area (TPSA) is 96.0 Å². The largest absolute Gasteiger partial charge is 0.437 e. The van der Waals surface area contributed by atoms with Gasteiger partial charge in [-0.1, -0.05) is 0 Å². The number of hydrogen-bond acceptors (Lipinski definition) is 5. The molecule has 1 amide bonds. The number of hydrogen-bond donors (Lipinski definition) is 1. The van der Waals surface area contributed by atoms with Crippen LogP contribution in [0.2, 0.25) is 0 Å². The van der Waals surface area contributed by atoms with Crippen LogP contribution in [-0.2, 0) is 6.42 Å². The molecule has 0 radical (unpaired) electrons. The Bertz CT molecular complexity index is 1770. The summed E-state index contributed by atoms with van der Waals surface area (Å²) in [4.78, 5) is 30.5. The Labute approximate surface area is 243 Å². The monoisotopic (exact) mass is 595 g/mol. The van der Waals surface area contributed by atoms with Gasteiger partial charge >= 0.3 is 6.18 Å². The average Bonchev–Trinajstić information content (AvgIpc) is 3.77. The molecule has 2 aromatic heterocycles. The number of ketones is 1. The van der Waals surface area contributed by atoms with Gasteiger partial charge in [-0.2, -0.15) is 18.4 Å². The predicted octanol–water partition coefficient (Wildman–Crippen LogP) is 7.81. The lowest BCUT2D eigenvalue weighted by atomic mass is 9.80. The number of alkyl halides is 3. The van der Waals surface area contributed by atoms with Crippen LogP contribution in [0.3, 0.4) is 0 Å². The third-order valence-electron chi connectivity index (χ3n) is 7.81. The van der Waals surface area contributed by atoms with Gasteiger partial charge in [0.1, 0.15) is 17.4 Å². The first-order chi connectivity index (χ1) is 20.3. The standard InChI is InChI=1S/C32H26F5N3O3/c1-31(16-38,19-6-7-19)15-26(41)18-5-10-24(34)21(13-18)22-14-23-27(29(42)39-2)28(17-3-8-20(33)9-4-17)43-30(23)40-25(22)11-12-32(35,36)37/h3-5,8-10,13-14,19H,6-7,11-12,15H2,1-2H3,(H,39,42). The lowest BCUT2D eigenvalue weighted by Crippen LogP contribution is -2.21. The Morgan fingerprint density at radius 1 is 1.07 bits per heavy atom. The first-order valence-electron chi connectivity index (χ1n) is 13.6. The van der Waals surface area contributed by atoms with Crippen LogP contribution >= 0.6 is 0 Å². The van der Waals surface area contributed by atoms with E-state index in [-0.39, 0.29) is 57.1 Å². The molecule has 2 aromatic carbocycles. The summed E-state index contributed by atoms with van der Waals surface area (Å²) in [6.07, 6.45) is -4.89. The summed E-state index contributed by atoms with van der Waals surface area (Å²) in [5.41, 5.74) is -1.07. The first-order valence-corrected chi connectivity index (χ1v) is 13.6. The van der Waals surface area contributed by atoms with Gasteiger partial charge in [0.2, 0.25) is 5.71 Å². The van der Waals surface area contributed by atoms with Crippen molar-refractivity contribution in [1.29, 1.82) is 5.26 Å². The number of aromatic nitrogens is 1. The third kappa shape index (κ3) is 6.14. The van der Waals surface area contributed by atoms with Crippen molar-refractivity contribution in [2.75, 3.05) is 7.05 Å². The first kappa shape index (κ1) is 29.9. The second kappa shape index (κ2) is 11.2. The summed E-state index contributed by atoms with van der Waals surface area (Å²) in [5, 5.41) is 12.3. The third-order valence-corrected chi connectivity index (χ3v) is 7.81. The number of aryl methyl sites for hydroxylation is 1. The van der Waals surface area contributed by atoms with Crippen molar-refractivity contribution in [1.82, 2.24) is 10.3 Å². The molecule has 1 saturated carbocycles. The summed E-state index contributed by atoms with van der Waals surface area (Å²) in [6, 6.07) is 12.1. The molecule has 0 saturated heterocycles. The molecule has 11 heteroatoms. The second-order valence-electron chi connectivity index (χ2n) is 10.9. The quantitative estimate of drug-likeness (QED) is 0.157. The summed E-state index contributed by atoms with van der Waals surface area (Å²) < 4.78 is 74.7. The number of amides is 1. The van der Waals surface area contributed by atoms with Crippen molar-refractivity contribution < 1.29 is 36.0 Å². The maximum atomic E-state index is 15.4. The van der Waals surface area contributed by atoms with Crippen LogP contribution in [0.1, 0.15) is 59.0 Å². The number of carbonyl (C=O) groups is 2. The molecule has 0 bridgehead atoms. The Morgan fingerprint density at radius 2 is 1.77 bits per heavy atom. The van der Waals surface area contributed by atoms with Crippen LogP contribution in [-0.4, -0.2) is 29.9 Å². The number of rotatable bonds is 9. The van der Waals surface area contributed by atoms with Gasteiger partial charge in [-0.25, -0.2) is 13.8 Å². The Balaban J connectivity index is 1.68. The minimum Gasteiger partial charge on any atom is -0.437 e. The molecule has 5 rings (SSSR count). The van der Waals surface area contributed by atoms with E-state index in [1.54, 1.807) is 6.92 Å². The van der Waals surface area contributed by atoms with Gasteiger partial charge in [0.25, 0.3) is 5.91 Å². The molecule has 2 heterocycles. The number of Topliss-reactive ketones (excluding diaryl/α,β-unsaturated/α-hetero) is 1. The fourth-order valence-electron chi connectivity index (χ4n) is 5.23. The zero-order valence-corrected chi connectivity index (χ0v) is 23.2. The molecule has 4 aromatic rings. The summed E-state index contributed by atoms with van der Waals surface area (Å²) in [6.45, 7) is 1.71. The Kier molecular flexibility index (Phi) is 7.82. The van der Waals surface area contributed by atoms with E-state index in [0.717, 1.165) is 31.0 Å². The lowest BCUT2D eigenvalue weighted by molar-refractivity contribution is -0.134. The fourth-order valence-corrected chi connectivity index (χ4v) is 5.23. The lowest BCUT2D eigenvalue weighted by Gasteiger charge is -2.20. The highest BCUT2D eigenvalue weighted by atomic mass is 19.4. The van der Waals surface area contributed by atoms with E-state index in [4.69, 9.17) is 4.42 Å². The molecule has 43 heavy (non-hydrogen) atoms. The molecule has 1 atom stereocenters. The highest BCUT2D eigenvalue weighted by Crippen LogP contribution is 2.48. The normalized spacial score (nSPS) is 14.7. The van der Waals surface area contributed by atoms with E-state index >= 15 is 4.39 Å². The van der Waals surface area contributed by atoms with Gasteiger partial charge in [-0.15, -0.1) is 0 Å². The van der Waals surface area contributed by atoms with E-state index in [1.165, 1.54) is 37.4 Å². The van der Waals surface area contributed by atoms with Gasteiger partial charge in [0.15, 0.2) is 5.78 Å². The maximum absolute atomic E-state index is 15.4. The Morgan fingerprint density at radius 3 is 2.37 bits per heavy atom. The molecule has 1 aliphatic carbocycles. The zero-order chi connectivity index (χ0) is 31.1. The van der Waals surface area contributed by atoms with Crippen LogP contribution < -0.4 is 5.32 Å². The Hall–Kier alpha value is -4.59. The van der Waals surface area contributed by atoms with Crippen LogP contribution in [0, 0.1) is 34.3 Å². The van der Waals surface area contributed by atoms with Crippen molar-refractivity contribution in [3.8, 4) is 28.5 Å². The smallest absolute Gasteiger partial charge is 0.389 e. The van der Waals surface area contributed by atoms with Crippen molar-refractivity contribution in [3.63, 3.8) is 0 Å². The van der Waals surface area contributed by atoms with Crippen molar-refractivity contribution in [3.05, 3.63) is 77.0 Å².